The maximum absolute atomic E-state index is 13.4. The van der Waals surface area contributed by atoms with Crippen LogP contribution in [0.15, 0.2) is 86.6 Å². The molecule has 31 heavy (non-hydrogen) atoms. The average molecular weight is 448 g/mol. The van der Waals surface area contributed by atoms with Gasteiger partial charge in [-0.1, -0.05) is 41.2 Å². The summed E-state index contributed by atoms with van der Waals surface area (Å²) in [5.74, 6) is 1.93. The molecule has 3 heterocycles. The van der Waals surface area contributed by atoms with Gasteiger partial charge in [-0.3, -0.25) is 9.36 Å². The third-order valence-electron chi connectivity index (χ3n) is 4.73. The molecule has 0 aliphatic rings. The molecule has 6 nitrogen and oxygen atoms in total. The fourth-order valence-corrected chi connectivity index (χ4v) is 4.81. The Balaban J connectivity index is 1.55. The van der Waals surface area contributed by atoms with Gasteiger partial charge < -0.3 is 9.26 Å². The van der Waals surface area contributed by atoms with Crippen molar-refractivity contribution < 1.29 is 9.26 Å². The van der Waals surface area contributed by atoms with E-state index in [1.165, 1.54) is 11.8 Å². The van der Waals surface area contributed by atoms with Crippen LogP contribution in [0.2, 0.25) is 0 Å². The molecular weight excluding hydrogens is 430 g/mol. The second kappa shape index (κ2) is 8.41. The van der Waals surface area contributed by atoms with Crippen molar-refractivity contribution in [3.63, 3.8) is 0 Å². The van der Waals surface area contributed by atoms with Gasteiger partial charge in [0, 0.05) is 17.9 Å². The van der Waals surface area contributed by atoms with Gasteiger partial charge >= 0.3 is 0 Å². The summed E-state index contributed by atoms with van der Waals surface area (Å²) in [5, 5.41) is 7.32. The lowest BCUT2D eigenvalue weighted by Gasteiger charge is -2.13. The molecule has 3 aromatic heterocycles. The van der Waals surface area contributed by atoms with E-state index in [1.54, 1.807) is 29.1 Å². The van der Waals surface area contributed by atoms with Gasteiger partial charge in [0.15, 0.2) is 10.9 Å². The van der Waals surface area contributed by atoms with E-state index in [1.807, 2.05) is 66.0 Å². The van der Waals surface area contributed by atoms with Crippen LogP contribution in [0, 0.1) is 0 Å². The van der Waals surface area contributed by atoms with Crippen molar-refractivity contribution in [3.05, 3.63) is 88.2 Å². The fraction of sp³-hybridized carbons (Fsp3) is 0.0870. The Morgan fingerprint density at radius 3 is 2.84 bits per heavy atom. The Morgan fingerprint density at radius 2 is 2.00 bits per heavy atom. The minimum Gasteiger partial charge on any atom is -0.497 e. The van der Waals surface area contributed by atoms with Gasteiger partial charge in [-0.2, -0.15) is 0 Å². The van der Waals surface area contributed by atoms with E-state index in [9.17, 15) is 4.79 Å². The molecule has 0 amide bonds. The lowest BCUT2D eigenvalue weighted by atomic mass is 10.2. The largest absolute Gasteiger partial charge is 0.497 e. The lowest BCUT2D eigenvalue weighted by molar-refractivity contribution is 0.414. The molecule has 0 N–H and O–H groups in total. The number of fused-ring (bicyclic) bond motifs is 1. The number of methoxy groups -OCH3 is 1. The normalized spacial score (nSPS) is 11.1. The van der Waals surface area contributed by atoms with Gasteiger partial charge in [-0.25, -0.2) is 4.98 Å². The average Bonchev–Trinajstić information content (AvgIpc) is 3.50. The van der Waals surface area contributed by atoms with E-state index in [2.05, 4.69) is 5.16 Å². The molecule has 0 saturated carbocycles. The van der Waals surface area contributed by atoms with Gasteiger partial charge in [0.25, 0.3) is 5.56 Å². The molecular formula is C23H17N3O3S2. The maximum Gasteiger partial charge on any atom is 0.266 e. The molecule has 154 valence electrons. The molecule has 0 saturated heterocycles. The summed E-state index contributed by atoms with van der Waals surface area (Å²) in [6, 6.07) is 20.7. The second-order valence-corrected chi connectivity index (χ2v) is 8.59. The van der Waals surface area contributed by atoms with E-state index < -0.39 is 0 Å². The molecule has 0 aliphatic heterocycles. The minimum absolute atomic E-state index is 0.124. The Hall–Kier alpha value is -3.36. The highest BCUT2D eigenvalue weighted by molar-refractivity contribution is 7.98. The third kappa shape index (κ3) is 3.87. The summed E-state index contributed by atoms with van der Waals surface area (Å²) in [4.78, 5) is 19.2. The zero-order valence-electron chi connectivity index (χ0n) is 16.5. The number of rotatable bonds is 6. The molecule has 0 bridgehead atoms. The predicted octanol–water partition coefficient (Wildman–Crippen LogP) is 5.40. The molecule has 2 aromatic carbocycles. The number of nitrogens with zero attached hydrogens (tertiary/aromatic N) is 3. The van der Waals surface area contributed by atoms with Crippen LogP contribution in [0.5, 0.6) is 5.75 Å². The van der Waals surface area contributed by atoms with Gasteiger partial charge in [-0.15, -0.1) is 11.3 Å². The minimum atomic E-state index is -0.124. The first-order valence-electron chi connectivity index (χ1n) is 9.51. The van der Waals surface area contributed by atoms with Crippen molar-refractivity contribution in [2.45, 2.75) is 10.9 Å². The van der Waals surface area contributed by atoms with Crippen molar-refractivity contribution in [2.75, 3.05) is 7.11 Å². The molecule has 0 spiro atoms. The smallest absolute Gasteiger partial charge is 0.266 e. The Bertz CT molecular complexity index is 1410. The van der Waals surface area contributed by atoms with Gasteiger partial charge in [-0.05, 0) is 35.7 Å². The number of benzene rings is 2. The summed E-state index contributed by atoms with van der Waals surface area (Å²) < 4.78 is 12.4. The second-order valence-electron chi connectivity index (χ2n) is 6.70. The molecule has 5 rings (SSSR count). The number of ether oxygens (including phenoxy) is 1. The van der Waals surface area contributed by atoms with E-state index in [0.717, 1.165) is 16.3 Å². The van der Waals surface area contributed by atoms with Crippen molar-refractivity contribution >= 4 is 34.0 Å². The molecule has 0 unspecified atom stereocenters. The molecule has 5 aromatic rings. The van der Waals surface area contributed by atoms with Crippen LogP contribution in [-0.2, 0) is 5.75 Å². The van der Waals surface area contributed by atoms with Crippen LogP contribution in [0.3, 0.4) is 0 Å². The van der Waals surface area contributed by atoms with Crippen LogP contribution >= 0.6 is 23.1 Å². The number of thiophene rings is 1. The van der Waals surface area contributed by atoms with E-state index in [0.29, 0.717) is 33.2 Å². The van der Waals surface area contributed by atoms with Gasteiger partial charge in [0.05, 0.1) is 34.3 Å². The summed E-state index contributed by atoms with van der Waals surface area (Å²) in [7, 11) is 1.60. The quantitative estimate of drug-likeness (QED) is 0.256. The van der Waals surface area contributed by atoms with Crippen molar-refractivity contribution in [1.82, 2.24) is 14.7 Å². The van der Waals surface area contributed by atoms with E-state index >= 15 is 0 Å². The third-order valence-corrected chi connectivity index (χ3v) is 6.59. The Labute approximate surface area is 186 Å². The van der Waals surface area contributed by atoms with Gasteiger partial charge in [0.1, 0.15) is 5.75 Å². The standard InChI is InChI=1S/C23H17N3O3S2/c1-28-17-7-4-6-16(13-17)26-22(27)18-8-2-3-9-19(18)24-23(26)31-14-15-12-20(29-25-15)21-10-5-11-30-21/h2-13H,14H2,1H3. The SMILES string of the molecule is COc1cccc(-n2c(SCc3cc(-c4cccs4)on3)nc3ccccc3c2=O)c1. The van der Waals surface area contributed by atoms with Crippen molar-refractivity contribution in [1.29, 1.82) is 0 Å². The number of hydrogen-bond donors (Lipinski definition) is 0. The lowest BCUT2D eigenvalue weighted by Crippen LogP contribution is -2.21. The fourth-order valence-electron chi connectivity index (χ4n) is 3.24. The Kier molecular flexibility index (Phi) is 5.31. The van der Waals surface area contributed by atoms with Crippen LogP contribution in [-0.4, -0.2) is 21.8 Å². The molecule has 8 heteroatoms. The molecule has 0 aliphatic carbocycles. The Morgan fingerprint density at radius 1 is 1.10 bits per heavy atom. The molecule has 0 atom stereocenters. The van der Waals surface area contributed by atoms with Crippen LogP contribution < -0.4 is 10.3 Å². The van der Waals surface area contributed by atoms with Crippen LogP contribution in [0.1, 0.15) is 5.69 Å². The number of aromatic nitrogens is 3. The topological polar surface area (TPSA) is 70.2 Å². The maximum atomic E-state index is 13.4. The first-order chi connectivity index (χ1) is 15.2. The zero-order chi connectivity index (χ0) is 21.2. The summed E-state index contributed by atoms with van der Waals surface area (Å²) in [5.41, 5.74) is 2.02. The number of hydrogen-bond acceptors (Lipinski definition) is 7. The highest BCUT2D eigenvalue weighted by atomic mass is 32.2. The van der Waals surface area contributed by atoms with E-state index in [-0.39, 0.29) is 5.56 Å². The van der Waals surface area contributed by atoms with Crippen molar-refractivity contribution in [3.8, 4) is 22.1 Å². The monoisotopic (exact) mass is 447 g/mol. The highest BCUT2D eigenvalue weighted by Crippen LogP contribution is 2.29. The van der Waals surface area contributed by atoms with Crippen molar-refractivity contribution in [2.24, 2.45) is 0 Å². The molecule has 0 fully saturated rings. The first kappa shape index (κ1) is 19.6. The zero-order valence-corrected chi connectivity index (χ0v) is 18.2. The predicted molar refractivity (Wildman–Crippen MR) is 123 cm³/mol. The van der Waals surface area contributed by atoms with E-state index in [4.69, 9.17) is 14.2 Å². The summed E-state index contributed by atoms with van der Waals surface area (Å²) in [6.45, 7) is 0. The highest BCUT2D eigenvalue weighted by Gasteiger charge is 2.15. The first-order valence-corrected chi connectivity index (χ1v) is 11.4. The number of para-hydroxylation sites is 1. The molecule has 0 radical (unpaired) electrons. The summed E-state index contributed by atoms with van der Waals surface area (Å²) in [6.07, 6.45) is 0. The number of thioether (sulfide) groups is 1. The van der Waals surface area contributed by atoms with Gasteiger partial charge in [0.2, 0.25) is 0 Å². The summed E-state index contributed by atoms with van der Waals surface area (Å²) >= 11 is 3.04. The van der Waals surface area contributed by atoms with Crippen LogP contribution in [0.25, 0.3) is 27.2 Å². The van der Waals surface area contributed by atoms with Crippen LogP contribution in [0.4, 0.5) is 0 Å².